The Hall–Kier alpha value is -2.08. The zero-order chi connectivity index (χ0) is 14.0. The summed E-state index contributed by atoms with van der Waals surface area (Å²) in [5.74, 6) is -0.942. The van der Waals surface area contributed by atoms with Crippen LogP contribution in [0.5, 0.6) is 5.75 Å². The highest BCUT2D eigenvalue weighted by atomic mass is 16.5. The van der Waals surface area contributed by atoms with Crippen molar-refractivity contribution in [3.8, 4) is 5.75 Å². The van der Waals surface area contributed by atoms with Gasteiger partial charge in [0.2, 0.25) is 0 Å². The van der Waals surface area contributed by atoms with Gasteiger partial charge in [-0.05, 0) is 18.6 Å². The van der Waals surface area contributed by atoms with Crippen molar-refractivity contribution in [2.75, 3.05) is 13.7 Å². The number of hydrogen-bond acceptors (Lipinski definition) is 5. The number of likely N-dealkylation sites (tertiary alicyclic amines) is 1. The third-order valence-electron chi connectivity index (χ3n) is 3.14. The maximum atomic E-state index is 11.6. The van der Waals surface area contributed by atoms with E-state index in [1.807, 2.05) is 0 Å². The summed E-state index contributed by atoms with van der Waals surface area (Å²) in [4.78, 5) is 24.3. The van der Waals surface area contributed by atoms with E-state index in [-0.39, 0.29) is 23.8 Å². The molecule has 6 nitrogen and oxygen atoms in total. The van der Waals surface area contributed by atoms with Gasteiger partial charge in [-0.15, -0.1) is 0 Å². The number of benzene rings is 1. The van der Waals surface area contributed by atoms with E-state index in [0.717, 1.165) is 0 Å². The van der Waals surface area contributed by atoms with Crippen molar-refractivity contribution in [3.63, 3.8) is 0 Å². The van der Waals surface area contributed by atoms with Crippen LogP contribution >= 0.6 is 0 Å². The van der Waals surface area contributed by atoms with Crippen molar-refractivity contribution in [2.45, 2.75) is 19.1 Å². The van der Waals surface area contributed by atoms with Gasteiger partial charge >= 0.3 is 5.97 Å². The monoisotopic (exact) mass is 265 g/mol. The summed E-state index contributed by atoms with van der Waals surface area (Å²) >= 11 is 0. The van der Waals surface area contributed by atoms with Gasteiger partial charge in [0.05, 0.1) is 12.7 Å². The Morgan fingerprint density at radius 2 is 2.26 bits per heavy atom. The SMILES string of the molecule is COC(=O)c1ccc(CN2CCC(O)C2=O)c(O)c1. The molecule has 1 heterocycles. The van der Waals surface area contributed by atoms with Crippen LogP contribution in [0.2, 0.25) is 0 Å². The number of hydrogen-bond donors (Lipinski definition) is 2. The maximum absolute atomic E-state index is 11.6. The highest BCUT2D eigenvalue weighted by molar-refractivity contribution is 5.90. The molecule has 6 heteroatoms. The van der Waals surface area contributed by atoms with Crippen molar-refractivity contribution < 1.29 is 24.5 Å². The van der Waals surface area contributed by atoms with E-state index in [1.54, 1.807) is 6.07 Å². The molecule has 0 bridgehead atoms. The number of carbonyl (C=O) groups is 2. The maximum Gasteiger partial charge on any atom is 0.337 e. The molecule has 19 heavy (non-hydrogen) atoms. The average Bonchev–Trinajstić information content (AvgIpc) is 2.72. The minimum absolute atomic E-state index is 0.0721. The van der Waals surface area contributed by atoms with Gasteiger partial charge in [0, 0.05) is 18.7 Å². The molecule has 0 aromatic heterocycles. The molecule has 1 aromatic rings. The molecule has 1 aromatic carbocycles. The van der Waals surface area contributed by atoms with Gasteiger partial charge in [0.25, 0.3) is 5.91 Å². The van der Waals surface area contributed by atoms with Crippen LogP contribution in [0, 0.1) is 0 Å². The Morgan fingerprint density at radius 3 is 2.79 bits per heavy atom. The second-order valence-electron chi connectivity index (χ2n) is 4.40. The summed E-state index contributed by atoms with van der Waals surface area (Å²) in [6.45, 7) is 0.668. The first-order valence-corrected chi connectivity index (χ1v) is 5.90. The van der Waals surface area contributed by atoms with Gasteiger partial charge in [0.1, 0.15) is 11.9 Å². The zero-order valence-corrected chi connectivity index (χ0v) is 10.5. The molecule has 102 valence electrons. The fourth-order valence-electron chi connectivity index (χ4n) is 2.03. The number of esters is 1. The molecule has 0 spiro atoms. The lowest BCUT2D eigenvalue weighted by Crippen LogP contribution is -2.28. The van der Waals surface area contributed by atoms with Crippen molar-refractivity contribution in [3.05, 3.63) is 29.3 Å². The molecule has 2 N–H and O–H groups in total. The molecule has 1 aliphatic heterocycles. The Bertz CT molecular complexity index is 514. The molecular weight excluding hydrogens is 250 g/mol. The minimum atomic E-state index is -0.948. The molecule has 0 aliphatic carbocycles. The van der Waals surface area contributed by atoms with Gasteiger partial charge in [-0.25, -0.2) is 4.79 Å². The van der Waals surface area contributed by atoms with Crippen LogP contribution in [0.4, 0.5) is 0 Å². The van der Waals surface area contributed by atoms with Crippen molar-refractivity contribution >= 4 is 11.9 Å². The van der Waals surface area contributed by atoms with E-state index in [2.05, 4.69) is 4.74 Å². The van der Waals surface area contributed by atoms with Gasteiger partial charge in [-0.1, -0.05) is 6.07 Å². The van der Waals surface area contributed by atoms with E-state index in [9.17, 15) is 19.8 Å². The molecule has 0 saturated carbocycles. The molecule has 1 saturated heterocycles. The Kier molecular flexibility index (Phi) is 3.71. The lowest BCUT2D eigenvalue weighted by atomic mass is 10.1. The fourth-order valence-corrected chi connectivity index (χ4v) is 2.03. The summed E-state index contributed by atoms with van der Waals surface area (Å²) < 4.78 is 4.55. The van der Waals surface area contributed by atoms with Crippen LogP contribution < -0.4 is 0 Å². The van der Waals surface area contributed by atoms with Crippen LogP contribution in [0.1, 0.15) is 22.3 Å². The zero-order valence-electron chi connectivity index (χ0n) is 10.5. The normalized spacial score (nSPS) is 18.7. The molecule has 1 atom stereocenters. The number of nitrogens with zero attached hydrogens (tertiary/aromatic N) is 1. The molecule has 1 aliphatic rings. The number of carbonyl (C=O) groups excluding carboxylic acids is 2. The van der Waals surface area contributed by atoms with Crippen LogP contribution in [0.3, 0.4) is 0 Å². The quantitative estimate of drug-likeness (QED) is 0.766. The highest BCUT2D eigenvalue weighted by Gasteiger charge is 2.30. The highest BCUT2D eigenvalue weighted by Crippen LogP contribution is 2.23. The average molecular weight is 265 g/mol. The second kappa shape index (κ2) is 5.27. The summed E-state index contributed by atoms with van der Waals surface area (Å²) in [5, 5.41) is 19.2. The van der Waals surface area contributed by atoms with Crippen LogP contribution in [-0.4, -0.2) is 46.7 Å². The van der Waals surface area contributed by atoms with Crippen LogP contribution in [0.25, 0.3) is 0 Å². The first-order valence-electron chi connectivity index (χ1n) is 5.90. The standard InChI is InChI=1S/C13H15NO5/c1-19-13(18)8-2-3-9(11(16)6-8)7-14-5-4-10(15)12(14)17/h2-3,6,10,15-16H,4-5,7H2,1H3. The second-order valence-corrected chi connectivity index (χ2v) is 4.40. The Labute approximate surface area is 110 Å². The van der Waals surface area contributed by atoms with Gasteiger partial charge in [0.15, 0.2) is 0 Å². The summed E-state index contributed by atoms with van der Waals surface area (Å²) in [7, 11) is 1.26. The first kappa shape index (κ1) is 13.4. The number of ether oxygens (including phenoxy) is 1. The first-order chi connectivity index (χ1) is 9.02. The molecule has 1 unspecified atom stereocenters. The van der Waals surface area contributed by atoms with Gasteiger partial charge < -0.3 is 19.8 Å². The lowest BCUT2D eigenvalue weighted by molar-refractivity contribution is -0.134. The number of amides is 1. The minimum Gasteiger partial charge on any atom is -0.508 e. The smallest absolute Gasteiger partial charge is 0.337 e. The van der Waals surface area contributed by atoms with Gasteiger partial charge in [-0.2, -0.15) is 0 Å². The van der Waals surface area contributed by atoms with E-state index in [0.29, 0.717) is 18.5 Å². The molecule has 1 fully saturated rings. The summed E-state index contributed by atoms with van der Waals surface area (Å²) in [5.41, 5.74) is 0.770. The fraction of sp³-hybridized carbons (Fsp3) is 0.385. The molecule has 0 radical (unpaired) electrons. The van der Waals surface area contributed by atoms with Crippen molar-refractivity contribution in [1.82, 2.24) is 4.90 Å². The largest absolute Gasteiger partial charge is 0.508 e. The third-order valence-corrected chi connectivity index (χ3v) is 3.14. The van der Waals surface area contributed by atoms with E-state index >= 15 is 0 Å². The number of methoxy groups -OCH3 is 1. The number of aromatic hydroxyl groups is 1. The van der Waals surface area contributed by atoms with Gasteiger partial charge in [-0.3, -0.25) is 4.79 Å². The number of aliphatic hydroxyl groups is 1. The number of rotatable bonds is 3. The Balaban J connectivity index is 2.14. The third kappa shape index (κ3) is 2.68. The van der Waals surface area contributed by atoms with Crippen LogP contribution in [0.15, 0.2) is 18.2 Å². The topological polar surface area (TPSA) is 87.1 Å². The van der Waals surface area contributed by atoms with Crippen molar-refractivity contribution in [1.29, 1.82) is 0 Å². The predicted molar refractivity (Wildman–Crippen MR) is 65.5 cm³/mol. The Morgan fingerprint density at radius 1 is 1.53 bits per heavy atom. The predicted octanol–water partition coefficient (Wildman–Crippen LogP) is 0.272. The molecule has 2 rings (SSSR count). The number of phenols is 1. The van der Waals surface area contributed by atoms with E-state index in [4.69, 9.17) is 0 Å². The van der Waals surface area contributed by atoms with Crippen LogP contribution in [-0.2, 0) is 16.1 Å². The summed E-state index contributed by atoms with van der Waals surface area (Å²) in [6.07, 6.45) is -0.545. The lowest BCUT2D eigenvalue weighted by Gasteiger charge is -2.16. The number of aliphatic hydroxyl groups excluding tert-OH is 1. The number of phenolic OH excluding ortho intramolecular Hbond substituents is 1. The molecular formula is C13H15NO5. The van der Waals surface area contributed by atoms with E-state index < -0.39 is 12.1 Å². The molecule has 1 amide bonds. The summed E-state index contributed by atoms with van der Waals surface area (Å²) in [6, 6.07) is 4.40. The van der Waals surface area contributed by atoms with Crippen molar-refractivity contribution in [2.24, 2.45) is 0 Å². The van der Waals surface area contributed by atoms with E-state index in [1.165, 1.54) is 24.1 Å².